The number of hydrogen-bond acceptors (Lipinski definition) is 4. The first-order valence-electron chi connectivity index (χ1n) is 8.53. The average molecular weight is 341 g/mol. The molecule has 1 aromatic carbocycles. The summed E-state index contributed by atoms with van der Waals surface area (Å²) in [5, 5.41) is 2.82. The van der Waals surface area contributed by atoms with Crippen LogP contribution in [0.1, 0.15) is 40.0 Å². The molecule has 1 aliphatic heterocycles. The Kier molecular flexibility index (Phi) is 4.99. The Morgan fingerprint density at radius 1 is 1.28 bits per heavy atom. The molecule has 0 aliphatic carbocycles. The normalized spacial score (nSPS) is 16.8. The summed E-state index contributed by atoms with van der Waals surface area (Å²) in [4.78, 5) is 30.9. The molecule has 25 heavy (non-hydrogen) atoms. The highest BCUT2D eigenvalue weighted by molar-refractivity contribution is 5.93. The molecule has 1 saturated heterocycles. The maximum Gasteiger partial charge on any atom is 0.346 e. The van der Waals surface area contributed by atoms with Crippen LogP contribution in [-0.2, 0) is 4.74 Å². The maximum absolute atomic E-state index is 12.4. The van der Waals surface area contributed by atoms with Gasteiger partial charge in [0.05, 0.1) is 11.8 Å². The predicted octanol–water partition coefficient (Wildman–Crippen LogP) is 2.27. The molecule has 1 aromatic heterocycles. The molecule has 0 saturated carbocycles. The van der Waals surface area contributed by atoms with Crippen molar-refractivity contribution in [2.45, 2.75) is 39.7 Å². The van der Waals surface area contributed by atoms with Crippen molar-refractivity contribution in [3.8, 4) is 11.3 Å². The molecule has 0 bridgehead atoms. The van der Waals surface area contributed by atoms with E-state index in [-0.39, 0.29) is 17.7 Å². The number of amides is 1. The van der Waals surface area contributed by atoms with Gasteiger partial charge >= 0.3 is 5.69 Å². The second kappa shape index (κ2) is 7.19. The van der Waals surface area contributed by atoms with E-state index < -0.39 is 5.69 Å². The predicted molar refractivity (Wildman–Crippen MR) is 95.8 cm³/mol. The van der Waals surface area contributed by atoms with Crippen molar-refractivity contribution in [3.05, 3.63) is 51.1 Å². The fourth-order valence-electron chi connectivity index (χ4n) is 3.40. The molecule has 2 heterocycles. The molecule has 2 N–H and O–H groups in total. The van der Waals surface area contributed by atoms with Crippen LogP contribution in [0.2, 0.25) is 0 Å². The van der Waals surface area contributed by atoms with E-state index in [4.69, 9.17) is 4.74 Å². The Balaban J connectivity index is 1.88. The summed E-state index contributed by atoms with van der Waals surface area (Å²) in [5.41, 5.74) is 4.30. The van der Waals surface area contributed by atoms with Crippen molar-refractivity contribution in [3.63, 3.8) is 0 Å². The molecule has 1 fully saturated rings. The molecule has 0 spiro atoms. The lowest BCUT2D eigenvalue weighted by Crippen LogP contribution is -2.33. The first kappa shape index (κ1) is 17.4. The number of aryl methyl sites for hydroxylation is 3. The van der Waals surface area contributed by atoms with E-state index in [1.54, 1.807) is 6.07 Å². The van der Waals surface area contributed by atoms with Gasteiger partial charge in [0.1, 0.15) is 5.69 Å². The summed E-state index contributed by atoms with van der Waals surface area (Å²) in [6.07, 6.45) is 2.02. The Bertz CT molecular complexity index is 828. The summed E-state index contributed by atoms with van der Waals surface area (Å²) in [6, 6.07) is 5.72. The third-order valence-corrected chi connectivity index (χ3v) is 4.44. The summed E-state index contributed by atoms with van der Waals surface area (Å²) in [6.45, 7) is 7.17. The zero-order chi connectivity index (χ0) is 18.0. The topological polar surface area (TPSA) is 84.1 Å². The van der Waals surface area contributed by atoms with E-state index in [9.17, 15) is 9.59 Å². The van der Waals surface area contributed by atoms with Gasteiger partial charge in [-0.2, -0.15) is 4.98 Å². The fourth-order valence-corrected chi connectivity index (χ4v) is 3.40. The maximum atomic E-state index is 12.4. The standard InChI is InChI=1S/C19H23N3O3/c1-11-7-12(2)17(13(3)8-11)15-9-16(22-19(24)21-15)18(23)20-10-14-5-4-6-25-14/h7-9,14H,4-6,10H2,1-3H3,(H,20,23)(H,21,22,24). The van der Waals surface area contributed by atoms with E-state index in [1.165, 1.54) is 0 Å². The lowest BCUT2D eigenvalue weighted by Gasteiger charge is -2.13. The number of aromatic nitrogens is 2. The van der Waals surface area contributed by atoms with Crippen LogP contribution in [0.25, 0.3) is 11.3 Å². The Morgan fingerprint density at radius 3 is 2.64 bits per heavy atom. The molecule has 132 valence electrons. The number of nitrogens with one attached hydrogen (secondary N) is 2. The minimum atomic E-state index is -0.529. The third-order valence-electron chi connectivity index (χ3n) is 4.44. The summed E-state index contributed by atoms with van der Waals surface area (Å²) in [7, 11) is 0. The third kappa shape index (κ3) is 3.96. The summed E-state index contributed by atoms with van der Waals surface area (Å²) >= 11 is 0. The van der Waals surface area contributed by atoms with Gasteiger partial charge in [0, 0.05) is 18.7 Å². The smallest absolute Gasteiger partial charge is 0.346 e. The lowest BCUT2D eigenvalue weighted by atomic mass is 9.97. The first-order chi connectivity index (χ1) is 11.9. The van der Waals surface area contributed by atoms with Crippen LogP contribution >= 0.6 is 0 Å². The van der Waals surface area contributed by atoms with Gasteiger partial charge < -0.3 is 15.0 Å². The number of carbonyl (C=O) groups is 1. The highest BCUT2D eigenvalue weighted by Gasteiger charge is 2.18. The molecular weight excluding hydrogens is 318 g/mol. The van der Waals surface area contributed by atoms with Crippen molar-refractivity contribution in [2.75, 3.05) is 13.2 Å². The van der Waals surface area contributed by atoms with Crippen molar-refractivity contribution < 1.29 is 9.53 Å². The van der Waals surface area contributed by atoms with Crippen molar-refractivity contribution in [2.24, 2.45) is 0 Å². The van der Waals surface area contributed by atoms with Crippen LogP contribution in [0.4, 0.5) is 0 Å². The second-order valence-electron chi connectivity index (χ2n) is 6.60. The van der Waals surface area contributed by atoms with Crippen LogP contribution in [0.15, 0.2) is 23.0 Å². The minimum absolute atomic E-state index is 0.0542. The zero-order valence-corrected chi connectivity index (χ0v) is 14.8. The van der Waals surface area contributed by atoms with E-state index >= 15 is 0 Å². The average Bonchev–Trinajstić information content (AvgIpc) is 3.04. The molecule has 1 amide bonds. The number of benzene rings is 1. The number of carbonyl (C=O) groups excluding carboxylic acids is 1. The van der Waals surface area contributed by atoms with Crippen LogP contribution in [0.5, 0.6) is 0 Å². The number of nitrogens with zero attached hydrogens (tertiary/aromatic N) is 1. The van der Waals surface area contributed by atoms with Crippen molar-refractivity contribution in [1.82, 2.24) is 15.3 Å². The van der Waals surface area contributed by atoms with Crippen LogP contribution in [0, 0.1) is 20.8 Å². The molecule has 3 rings (SSSR count). The molecule has 6 heteroatoms. The Morgan fingerprint density at radius 2 is 2.00 bits per heavy atom. The summed E-state index contributed by atoms with van der Waals surface area (Å²) < 4.78 is 5.50. The number of rotatable bonds is 4. The molecule has 1 atom stereocenters. The quantitative estimate of drug-likeness (QED) is 0.893. The van der Waals surface area contributed by atoms with Gasteiger partial charge in [-0.15, -0.1) is 0 Å². The SMILES string of the molecule is Cc1cc(C)c(-c2cc(C(=O)NCC3CCCO3)[nH]c(=O)n2)c(C)c1. The Labute approximate surface area is 146 Å². The van der Waals surface area contributed by atoms with Gasteiger partial charge in [0.15, 0.2) is 0 Å². The molecule has 0 radical (unpaired) electrons. The highest BCUT2D eigenvalue weighted by atomic mass is 16.5. The van der Waals surface area contributed by atoms with Crippen LogP contribution in [-0.4, -0.2) is 35.1 Å². The van der Waals surface area contributed by atoms with Gasteiger partial charge in [-0.05, 0) is 50.8 Å². The molecule has 6 nitrogen and oxygen atoms in total. The van der Waals surface area contributed by atoms with Gasteiger partial charge in [-0.3, -0.25) is 4.79 Å². The largest absolute Gasteiger partial charge is 0.376 e. The van der Waals surface area contributed by atoms with E-state index in [0.717, 1.165) is 41.7 Å². The lowest BCUT2D eigenvalue weighted by molar-refractivity contribution is 0.0853. The molecular formula is C19H23N3O3. The van der Waals surface area contributed by atoms with Crippen LogP contribution < -0.4 is 11.0 Å². The highest BCUT2D eigenvalue weighted by Crippen LogP contribution is 2.26. The summed E-state index contributed by atoms with van der Waals surface area (Å²) in [5.74, 6) is -0.321. The first-order valence-corrected chi connectivity index (χ1v) is 8.53. The van der Waals surface area contributed by atoms with Gasteiger partial charge in [0.25, 0.3) is 5.91 Å². The Hall–Kier alpha value is -2.47. The van der Waals surface area contributed by atoms with Crippen LogP contribution in [0.3, 0.4) is 0 Å². The second-order valence-corrected chi connectivity index (χ2v) is 6.60. The molecule has 1 aliphatic rings. The molecule has 2 aromatic rings. The number of aromatic amines is 1. The fraction of sp³-hybridized carbons (Fsp3) is 0.421. The number of hydrogen-bond donors (Lipinski definition) is 2. The number of ether oxygens (including phenoxy) is 1. The van der Waals surface area contributed by atoms with Gasteiger partial charge in [-0.1, -0.05) is 17.7 Å². The molecule has 1 unspecified atom stereocenters. The van der Waals surface area contributed by atoms with Crippen molar-refractivity contribution in [1.29, 1.82) is 0 Å². The van der Waals surface area contributed by atoms with E-state index in [2.05, 4.69) is 15.3 Å². The van der Waals surface area contributed by atoms with Crippen molar-refractivity contribution >= 4 is 5.91 Å². The van der Waals surface area contributed by atoms with Gasteiger partial charge in [-0.25, -0.2) is 4.79 Å². The minimum Gasteiger partial charge on any atom is -0.376 e. The van der Waals surface area contributed by atoms with E-state index in [1.807, 2.05) is 32.9 Å². The zero-order valence-electron chi connectivity index (χ0n) is 14.8. The van der Waals surface area contributed by atoms with E-state index in [0.29, 0.717) is 12.2 Å². The monoisotopic (exact) mass is 341 g/mol. The number of H-pyrrole nitrogens is 1. The van der Waals surface area contributed by atoms with Gasteiger partial charge in [0.2, 0.25) is 0 Å².